The van der Waals surface area contributed by atoms with E-state index in [-0.39, 0.29) is 11.9 Å². The molecule has 124 valence electrons. The third kappa shape index (κ3) is 5.34. The standard InChI is InChI=1S/C19H24FNO2/c1-3-18(23-19-10-9-16(20)11-14(19)2)17(22)13-21-12-15-7-5-4-6-8-15/h4-11,17-18,21-22H,3,12-13H2,1-2H3/t17-,18-/m1/s1. The third-order valence-corrected chi connectivity index (χ3v) is 3.77. The van der Waals surface area contributed by atoms with Crippen molar-refractivity contribution >= 4 is 0 Å². The molecule has 0 unspecified atom stereocenters. The predicted molar refractivity (Wildman–Crippen MR) is 90.0 cm³/mol. The van der Waals surface area contributed by atoms with E-state index in [0.717, 1.165) is 5.56 Å². The Morgan fingerprint density at radius 3 is 2.57 bits per heavy atom. The van der Waals surface area contributed by atoms with Gasteiger partial charge in [-0.25, -0.2) is 4.39 Å². The van der Waals surface area contributed by atoms with Crippen molar-refractivity contribution in [1.29, 1.82) is 0 Å². The van der Waals surface area contributed by atoms with Crippen LogP contribution in [0.5, 0.6) is 5.75 Å². The van der Waals surface area contributed by atoms with Gasteiger partial charge in [-0.2, -0.15) is 0 Å². The molecule has 0 aliphatic rings. The summed E-state index contributed by atoms with van der Waals surface area (Å²) >= 11 is 0. The smallest absolute Gasteiger partial charge is 0.125 e. The van der Waals surface area contributed by atoms with Crippen LogP contribution in [0.2, 0.25) is 0 Å². The number of aliphatic hydroxyl groups is 1. The van der Waals surface area contributed by atoms with Crippen molar-refractivity contribution in [2.75, 3.05) is 6.54 Å². The van der Waals surface area contributed by atoms with Gasteiger partial charge in [-0.3, -0.25) is 0 Å². The highest BCUT2D eigenvalue weighted by Gasteiger charge is 2.19. The average Bonchev–Trinajstić information content (AvgIpc) is 2.55. The highest BCUT2D eigenvalue weighted by atomic mass is 19.1. The van der Waals surface area contributed by atoms with Gasteiger partial charge in [0.15, 0.2) is 0 Å². The van der Waals surface area contributed by atoms with Crippen LogP contribution >= 0.6 is 0 Å². The van der Waals surface area contributed by atoms with Crippen LogP contribution < -0.4 is 10.1 Å². The molecule has 0 aromatic heterocycles. The third-order valence-electron chi connectivity index (χ3n) is 3.77. The van der Waals surface area contributed by atoms with Crippen molar-refractivity contribution in [3.8, 4) is 5.75 Å². The molecule has 0 bridgehead atoms. The maximum atomic E-state index is 13.1. The van der Waals surface area contributed by atoms with Gasteiger partial charge in [0.2, 0.25) is 0 Å². The molecule has 0 aliphatic heterocycles. The first-order valence-corrected chi connectivity index (χ1v) is 7.95. The second-order valence-corrected chi connectivity index (χ2v) is 5.66. The molecule has 2 N–H and O–H groups in total. The van der Waals surface area contributed by atoms with E-state index < -0.39 is 6.10 Å². The molecule has 2 aromatic rings. The van der Waals surface area contributed by atoms with E-state index in [1.165, 1.54) is 17.7 Å². The lowest BCUT2D eigenvalue weighted by atomic mass is 10.1. The molecule has 0 heterocycles. The summed E-state index contributed by atoms with van der Waals surface area (Å²) in [7, 11) is 0. The van der Waals surface area contributed by atoms with E-state index in [1.807, 2.05) is 37.3 Å². The summed E-state index contributed by atoms with van der Waals surface area (Å²) in [6.07, 6.45) is -0.291. The lowest BCUT2D eigenvalue weighted by Crippen LogP contribution is -2.39. The summed E-state index contributed by atoms with van der Waals surface area (Å²) in [6, 6.07) is 14.4. The number of ether oxygens (including phenoxy) is 1. The van der Waals surface area contributed by atoms with E-state index in [0.29, 0.717) is 25.3 Å². The maximum absolute atomic E-state index is 13.1. The highest BCUT2D eigenvalue weighted by molar-refractivity contribution is 5.32. The summed E-state index contributed by atoms with van der Waals surface area (Å²) in [5.74, 6) is 0.327. The van der Waals surface area contributed by atoms with E-state index in [9.17, 15) is 9.50 Å². The van der Waals surface area contributed by atoms with Gasteiger partial charge in [0.25, 0.3) is 0 Å². The number of rotatable bonds is 8. The van der Waals surface area contributed by atoms with Crippen LogP contribution in [0.1, 0.15) is 24.5 Å². The second kappa shape index (κ2) is 8.65. The minimum atomic E-state index is -0.631. The molecular formula is C19H24FNO2. The molecule has 0 saturated heterocycles. The molecule has 3 nitrogen and oxygen atoms in total. The Bertz CT molecular complexity index is 604. The predicted octanol–water partition coefficient (Wildman–Crippen LogP) is 3.44. The fourth-order valence-corrected chi connectivity index (χ4v) is 2.43. The van der Waals surface area contributed by atoms with Gasteiger partial charge in [-0.05, 0) is 42.7 Å². The first-order chi connectivity index (χ1) is 11.1. The number of hydrogen-bond donors (Lipinski definition) is 2. The average molecular weight is 317 g/mol. The van der Waals surface area contributed by atoms with Crippen molar-refractivity contribution in [2.45, 2.75) is 39.0 Å². The second-order valence-electron chi connectivity index (χ2n) is 5.66. The van der Waals surface area contributed by atoms with Crippen molar-refractivity contribution < 1.29 is 14.2 Å². The molecule has 0 fully saturated rings. The van der Waals surface area contributed by atoms with E-state index in [1.54, 1.807) is 13.0 Å². The zero-order valence-corrected chi connectivity index (χ0v) is 13.6. The van der Waals surface area contributed by atoms with Crippen LogP contribution in [0.15, 0.2) is 48.5 Å². The Labute approximate surface area is 137 Å². The van der Waals surface area contributed by atoms with Crippen LogP contribution in [0, 0.1) is 12.7 Å². The number of aliphatic hydroxyl groups excluding tert-OH is 1. The summed E-state index contributed by atoms with van der Waals surface area (Å²) in [5, 5.41) is 13.6. The van der Waals surface area contributed by atoms with Crippen molar-refractivity contribution in [2.24, 2.45) is 0 Å². The number of halogens is 1. The molecule has 0 saturated carbocycles. The highest BCUT2D eigenvalue weighted by Crippen LogP contribution is 2.21. The lowest BCUT2D eigenvalue weighted by molar-refractivity contribution is 0.0339. The summed E-state index contributed by atoms with van der Waals surface area (Å²) in [4.78, 5) is 0. The SMILES string of the molecule is CC[C@@H](Oc1ccc(F)cc1C)[C@H](O)CNCc1ccccc1. The quantitative estimate of drug-likeness (QED) is 0.783. The fourth-order valence-electron chi connectivity index (χ4n) is 2.43. The van der Waals surface area contributed by atoms with Gasteiger partial charge in [-0.15, -0.1) is 0 Å². The van der Waals surface area contributed by atoms with Crippen molar-refractivity contribution in [3.05, 3.63) is 65.5 Å². The largest absolute Gasteiger partial charge is 0.487 e. The first kappa shape index (κ1) is 17.4. The molecule has 4 heteroatoms. The Morgan fingerprint density at radius 2 is 1.91 bits per heavy atom. The van der Waals surface area contributed by atoms with Crippen LogP contribution in [-0.4, -0.2) is 23.9 Å². The van der Waals surface area contributed by atoms with E-state index in [4.69, 9.17) is 4.74 Å². The zero-order chi connectivity index (χ0) is 16.7. The van der Waals surface area contributed by atoms with Crippen LogP contribution in [-0.2, 0) is 6.54 Å². The monoisotopic (exact) mass is 317 g/mol. The molecule has 0 aliphatic carbocycles. The Morgan fingerprint density at radius 1 is 1.17 bits per heavy atom. The van der Waals surface area contributed by atoms with Gasteiger partial charge in [0.05, 0.1) is 0 Å². The molecule has 0 spiro atoms. The molecule has 0 amide bonds. The normalized spacial score (nSPS) is 13.6. The lowest BCUT2D eigenvalue weighted by Gasteiger charge is -2.24. The summed E-state index contributed by atoms with van der Waals surface area (Å²) < 4.78 is 19.0. The Balaban J connectivity index is 1.86. The van der Waals surface area contributed by atoms with Crippen LogP contribution in [0.4, 0.5) is 4.39 Å². The summed E-state index contributed by atoms with van der Waals surface area (Å²) in [6.45, 7) is 4.90. The molecule has 2 rings (SSSR count). The zero-order valence-electron chi connectivity index (χ0n) is 13.6. The van der Waals surface area contributed by atoms with Gasteiger partial charge >= 0.3 is 0 Å². The number of benzene rings is 2. The van der Waals surface area contributed by atoms with E-state index in [2.05, 4.69) is 5.32 Å². The summed E-state index contributed by atoms with van der Waals surface area (Å²) in [5.41, 5.74) is 1.90. The van der Waals surface area contributed by atoms with Crippen LogP contribution in [0.25, 0.3) is 0 Å². The van der Waals surface area contributed by atoms with Crippen molar-refractivity contribution in [3.63, 3.8) is 0 Å². The van der Waals surface area contributed by atoms with Gasteiger partial charge in [0, 0.05) is 13.1 Å². The maximum Gasteiger partial charge on any atom is 0.125 e. The van der Waals surface area contributed by atoms with E-state index >= 15 is 0 Å². The first-order valence-electron chi connectivity index (χ1n) is 7.95. The minimum absolute atomic E-state index is 0.284. The fraction of sp³-hybridized carbons (Fsp3) is 0.368. The minimum Gasteiger partial charge on any atom is -0.487 e. The molecule has 2 aromatic carbocycles. The topological polar surface area (TPSA) is 41.5 Å². The number of hydrogen-bond acceptors (Lipinski definition) is 3. The Hall–Kier alpha value is -1.91. The molecule has 2 atom stereocenters. The van der Waals surface area contributed by atoms with Crippen LogP contribution in [0.3, 0.4) is 0 Å². The Kier molecular flexibility index (Phi) is 6.56. The number of aryl methyl sites for hydroxylation is 1. The number of nitrogens with one attached hydrogen (secondary N) is 1. The van der Waals surface area contributed by atoms with Crippen molar-refractivity contribution in [1.82, 2.24) is 5.32 Å². The van der Waals surface area contributed by atoms with Gasteiger partial charge in [-0.1, -0.05) is 37.3 Å². The molecular weight excluding hydrogens is 293 g/mol. The van der Waals surface area contributed by atoms with Gasteiger partial charge < -0.3 is 15.2 Å². The molecule has 23 heavy (non-hydrogen) atoms. The molecule has 0 radical (unpaired) electrons. The van der Waals surface area contributed by atoms with Gasteiger partial charge in [0.1, 0.15) is 23.8 Å².